The monoisotopic (exact) mass is 394 g/mol. The molecular formula is C20H15ClN4OS. The molecule has 0 aliphatic rings. The van der Waals surface area contributed by atoms with Crippen LogP contribution in [0.1, 0.15) is 15.9 Å². The van der Waals surface area contributed by atoms with Crippen molar-refractivity contribution in [3.63, 3.8) is 0 Å². The molecule has 0 aliphatic carbocycles. The van der Waals surface area contributed by atoms with Crippen molar-refractivity contribution in [2.24, 2.45) is 0 Å². The second-order valence-electron chi connectivity index (χ2n) is 5.98. The van der Waals surface area contributed by atoms with Crippen molar-refractivity contribution < 1.29 is 4.79 Å². The fraction of sp³-hybridized carbons (Fsp3) is 0.100. The van der Waals surface area contributed by atoms with Gasteiger partial charge in [-0.15, -0.1) is 0 Å². The largest absolute Gasteiger partial charge is 0.293 e. The molecule has 0 amide bonds. The third-order valence-electron chi connectivity index (χ3n) is 4.18. The van der Waals surface area contributed by atoms with Crippen LogP contribution in [0.2, 0.25) is 5.02 Å². The van der Waals surface area contributed by atoms with E-state index in [0.717, 1.165) is 27.3 Å². The van der Waals surface area contributed by atoms with E-state index in [9.17, 15) is 4.79 Å². The minimum atomic E-state index is 0.0229. The van der Waals surface area contributed by atoms with Gasteiger partial charge in [0.1, 0.15) is 11.4 Å². The molecule has 0 fully saturated rings. The van der Waals surface area contributed by atoms with Gasteiger partial charge in [-0.3, -0.25) is 4.79 Å². The van der Waals surface area contributed by atoms with Crippen LogP contribution in [0.3, 0.4) is 0 Å². The quantitative estimate of drug-likeness (QED) is 0.277. The summed E-state index contributed by atoms with van der Waals surface area (Å²) in [6.07, 6.45) is 3.25. The number of fused-ring (bicyclic) bond motifs is 1. The van der Waals surface area contributed by atoms with Crippen molar-refractivity contribution in [3.8, 4) is 5.69 Å². The number of ketones is 1. The first-order valence-electron chi connectivity index (χ1n) is 8.30. The minimum absolute atomic E-state index is 0.0229. The van der Waals surface area contributed by atoms with E-state index in [1.54, 1.807) is 35.1 Å². The highest BCUT2D eigenvalue weighted by Crippen LogP contribution is 2.27. The first-order chi connectivity index (χ1) is 13.1. The topological polar surface area (TPSA) is 60.7 Å². The molecule has 0 radical (unpaired) electrons. The number of hydrogen-bond donors (Lipinski definition) is 0. The predicted molar refractivity (Wildman–Crippen MR) is 108 cm³/mol. The van der Waals surface area contributed by atoms with Gasteiger partial charge in [-0.25, -0.2) is 14.6 Å². The Morgan fingerprint density at radius 2 is 1.89 bits per heavy atom. The summed E-state index contributed by atoms with van der Waals surface area (Å²) in [5.74, 6) is 0.304. The normalized spacial score (nSPS) is 11.0. The van der Waals surface area contributed by atoms with Crippen molar-refractivity contribution in [2.75, 3.05) is 5.75 Å². The van der Waals surface area contributed by atoms with Crippen LogP contribution in [0.25, 0.3) is 16.7 Å². The molecule has 4 rings (SSSR count). The van der Waals surface area contributed by atoms with Gasteiger partial charge in [-0.05, 0) is 42.8 Å². The maximum atomic E-state index is 12.4. The lowest BCUT2D eigenvalue weighted by molar-refractivity contribution is 0.102. The number of Topliss-reactive ketones (excluding diaryl/α,β-unsaturated/α-hetero) is 1. The van der Waals surface area contributed by atoms with Crippen molar-refractivity contribution in [2.45, 2.75) is 11.9 Å². The van der Waals surface area contributed by atoms with E-state index in [0.29, 0.717) is 10.6 Å². The molecule has 134 valence electrons. The smallest absolute Gasteiger partial charge is 0.173 e. The second-order valence-corrected chi connectivity index (χ2v) is 7.38. The minimum Gasteiger partial charge on any atom is -0.293 e. The standard InChI is InChI=1S/C20H15ClN4OS/c1-13-4-2-3-5-17(13)25-19-16(10-24-25)20(23-12-22-19)27-11-18(26)14-6-8-15(21)9-7-14/h2-10,12H,11H2,1H3. The number of hydrogen-bond acceptors (Lipinski definition) is 5. The number of thioether (sulfide) groups is 1. The Bertz CT molecular complexity index is 1120. The number of carbonyl (C=O) groups is 1. The van der Waals surface area contributed by atoms with Crippen LogP contribution in [0.15, 0.2) is 66.1 Å². The van der Waals surface area contributed by atoms with Gasteiger partial charge >= 0.3 is 0 Å². The molecule has 2 aromatic carbocycles. The van der Waals surface area contributed by atoms with Crippen LogP contribution >= 0.6 is 23.4 Å². The van der Waals surface area contributed by atoms with Crippen LogP contribution < -0.4 is 0 Å². The summed E-state index contributed by atoms with van der Waals surface area (Å²) in [4.78, 5) is 21.1. The van der Waals surface area contributed by atoms with Crippen molar-refractivity contribution in [1.82, 2.24) is 19.7 Å². The first-order valence-corrected chi connectivity index (χ1v) is 9.66. The zero-order valence-electron chi connectivity index (χ0n) is 14.5. The molecule has 0 saturated heterocycles. The Morgan fingerprint density at radius 3 is 2.67 bits per heavy atom. The molecule has 4 aromatic rings. The number of carbonyl (C=O) groups excluding carboxylic acids is 1. The Morgan fingerprint density at radius 1 is 1.11 bits per heavy atom. The lowest BCUT2D eigenvalue weighted by atomic mass is 10.1. The molecule has 0 N–H and O–H groups in total. The van der Waals surface area contributed by atoms with Crippen LogP contribution in [0, 0.1) is 6.92 Å². The van der Waals surface area contributed by atoms with Gasteiger partial charge in [0, 0.05) is 10.6 Å². The van der Waals surface area contributed by atoms with Crippen molar-refractivity contribution in [1.29, 1.82) is 0 Å². The van der Waals surface area contributed by atoms with Crippen LogP contribution in [0.5, 0.6) is 0 Å². The fourth-order valence-corrected chi connectivity index (χ4v) is 3.75. The van der Waals surface area contributed by atoms with Gasteiger partial charge in [0.15, 0.2) is 11.4 Å². The molecular weight excluding hydrogens is 380 g/mol. The molecule has 5 nitrogen and oxygen atoms in total. The number of benzene rings is 2. The molecule has 2 heterocycles. The van der Waals surface area contributed by atoms with Gasteiger partial charge < -0.3 is 0 Å². The van der Waals surface area contributed by atoms with Gasteiger partial charge in [-0.2, -0.15) is 5.10 Å². The van der Waals surface area contributed by atoms with Crippen LogP contribution in [-0.4, -0.2) is 31.3 Å². The average molecular weight is 395 g/mol. The number of halogens is 1. The number of aryl methyl sites for hydroxylation is 1. The number of para-hydroxylation sites is 1. The summed E-state index contributed by atoms with van der Waals surface area (Å²) < 4.78 is 1.80. The SMILES string of the molecule is Cc1ccccc1-n1ncc2c(SCC(=O)c3ccc(Cl)cc3)ncnc21. The fourth-order valence-electron chi connectivity index (χ4n) is 2.77. The summed E-state index contributed by atoms with van der Waals surface area (Å²) >= 11 is 7.26. The maximum Gasteiger partial charge on any atom is 0.173 e. The third kappa shape index (κ3) is 3.59. The van der Waals surface area contributed by atoms with E-state index >= 15 is 0 Å². The predicted octanol–water partition coefficient (Wildman–Crippen LogP) is 4.75. The van der Waals surface area contributed by atoms with E-state index in [1.165, 1.54) is 18.1 Å². The molecule has 0 aliphatic heterocycles. The lowest BCUT2D eigenvalue weighted by Gasteiger charge is -2.07. The first kappa shape index (κ1) is 17.7. The highest BCUT2D eigenvalue weighted by Gasteiger charge is 2.14. The van der Waals surface area contributed by atoms with Crippen molar-refractivity contribution in [3.05, 3.63) is 77.2 Å². The molecule has 2 aromatic heterocycles. The molecule has 0 unspecified atom stereocenters. The number of rotatable bonds is 5. The van der Waals surface area contributed by atoms with Crippen molar-refractivity contribution >= 4 is 40.2 Å². The Kier molecular flexibility index (Phi) is 4.92. The van der Waals surface area contributed by atoms with E-state index in [4.69, 9.17) is 11.6 Å². The number of nitrogens with zero attached hydrogens (tertiary/aromatic N) is 4. The Hall–Kier alpha value is -2.70. The van der Waals surface area contributed by atoms with E-state index < -0.39 is 0 Å². The van der Waals surface area contributed by atoms with Gasteiger partial charge in [0.05, 0.1) is 23.0 Å². The molecule has 0 bridgehead atoms. The highest BCUT2D eigenvalue weighted by atomic mass is 35.5. The third-order valence-corrected chi connectivity index (χ3v) is 5.44. The summed E-state index contributed by atoms with van der Waals surface area (Å²) in [7, 11) is 0. The molecule has 0 saturated carbocycles. The van der Waals surface area contributed by atoms with Crippen LogP contribution in [-0.2, 0) is 0 Å². The maximum absolute atomic E-state index is 12.4. The lowest BCUT2D eigenvalue weighted by Crippen LogP contribution is -2.03. The molecule has 7 heteroatoms. The number of aromatic nitrogens is 4. The van der Waals surface area contributed by atoms with E-state index in [-0.39, 0.29) is 11.5 Å². The Balaban J connectivity index is 1.61. The summed E-state index contributed by atoms with van der Waals surface area (Å²) in [6, 6.07) is 14.9. The average Bonchev–Trinajstić information content (AvgIpc) is 3.11. The highest BCUT2D eigenvalue weighted by molar-refractivity contribution is 8.00. The second kappa shape index (κ2) is 7.50. The zero-order chi connectivity index (χ0) is 18.8. The molecule has 0 spiro atoms. The van der Waals surface area contributed by atoms with E-state index in [2.05, 4.69) is 15.1 Å². The van der Waals surface area contributed by atoms with E-state index in [1.807, 2.05) is 31.2 Å². The van der Waals surface area contributed by atoms with Gasteiger partial charge in [0.2, 0.25) is 0 Å². The zero-order valence-corrected chi connectivity index (χ0v) is 16.0. The Labute approximate surface area is 165 Å². The summed E-state index contributed by atoms with van der Waals surface area (Å²) in [5.41, 5.74) is 3.43. The summed E-state index contributed by atoms with van der Waals surface area (Å²) in [5, 5.41) is 6.66. The van der Waals surface area contributed by atoms with Crippen LogP contribution in [0.4, 0.5) is 0 Å². The molecule has 27 heavy (non-hydrogen) atoms. The molecule has 0 atom stereocenters. The van der Waals surface area contributed by atoms with Gasteiger partial charge in [-0.1, -0.05) is 41.6 Å². The van der Waals surface area contributed by atoms with Gasteiger partial charge in [0.25, 0.3) is 0 Å². The summed E-state index contributed by atoms with van der Waals surface area (Å²) in [6.45, 7) is 2.03.